The number of benzene rings is 1. The van der Waals surface area contributed by atoms with Crippen molar-refractivity contribution in [2.45, 2.75) is 13.0 Å². The minimum Gasteiger partial charge on any atom is -0.493 e. The second-order valence-electron chi connectivity index (χ2n) is 5.48. The number of halogens is 1. The molecular weight excluding hydrogens is 390 g/mol. The number of ether oxygens (including phenoxy) is 3. The van der Waals surface area contributed by atoms with E-state index in [0.29, 0.717) is 22.1 Å². The number of methoxy groups -OCH3 is 2. The average molecular weight is 410 g/mol. The molecule has 0 bridgehead atoms. The van der Waals surface area contributed by atoms with E-state index >= 15 is 0 Å². The fourth-order valence-electron chi connectivity index (χ4n) is 2.28. The van der Waals surface area contributed by atoms with Gasteiger partial charge in [-0.3, -0.25) is 4.79 Å². The molecule has 1 amide bonds. The number of carbonyl (C=O) groups is 2. The Morgan fingerprint density at radius 2 is 2.07 bits per heavy atom. The molecule has 0 unspecified atom stereocenters. The molecule has 1 N–H and O–H groups in total. The summed E-state index contributed by atoms with van der Waals surface area (Å²) in [6, 6.07) is 7.00. The number of esters is 1. The monoisotopic (exact) mass is 409 g/mol. The Balaban J connectivity index is 1.88. The van der Waals surface area contributed by atoms with Gasteiger partial charge >= 0.3 is 5.97 Å². The maximum absolute atomic E-state index is 11.9. The van der Waals surface area contributed by atoms with Gasteiger partial charge in [0.05, 0.1) is 25.3 Å². The van der Waals surface area contributed by atoms with Gasteiger partial charge in [0.15, 0.2) is 18.1 Å². The number of amides is 1. The predicted molar refractivity (Wildman–Crippen MR) is 105 cm³/mol. The predicted octanol–water partition coefficient (Wildman–Crippen LogP) is 3.85. The number of thiophene rings is 1. The van der Waals surface area contributed by atoms with Crippen LogP contribution in [-0.2, 0) is 14.3 Å². The molecule has 0 fully saturated rings. The molecule has 2 rings (SSSR count). The van der Waals surface area contributed by atoms with E-state index in [2.05, 4.69) is 5.32 Å². The summed E-state index contributed by atoms with van der Waals surface area (Å²) in [5.41, 5.74) is 0.630. The van der Waals surface area contributed by atoms with Crippen LogP contribution in [0.25, 0.3) is 6.08 Å². The standard InChI is InChI=1S/C19H20ClNO5S/c1-12(16-5-4-8-27-16)21-17(22)11-26-18(23)7-6-13-9-14(20)19(25-3)15(10-13)24-2/h4-10,12H,11H2,1-3H3,(H,21,22)/b7-6+/t12-/m1/s1. The smallest absolute Gasteiger partial charge is 0.331 e. The summed E-state index contributed by atoms with van der Waals surface area (Å²) in [6.45, 7) is 1.51. The number of hydrogen-bond acceptors (Lipinski definition) is 6. The van der Waals surface area contributed by atoms with Gasteiger partial charge in [-0.25, -0.2) is 4.79 Å². The molecule has 0 aliphatic heterocycles. The highest BCUT2D eigenvalue weighted by Gasteiger charge is 2.12. The van der Waals surface area contributed by atoms with Crippen LogP contribution in [0.15, 0.2) is 35.7 Å². The van der Waals surface area contributed by atoms with E-state index in [-0.39, 0.29) is 18.6 Å². The van der Waals surface area contributed by atoms with Crippen LogP contribution in [0.1, 0.15) is 23.4 Å². The van der Waals surface area contributed by atoms with E-state index < -0.39 is 5.97 Å². The minimum absolute atomic E-state index is 0.138. The van der Waals surface area contributed by atoms with Crippen LogP contribution in [0, 0.1) is 0 Å². The molecule has 6 nitrogen and oxygen atoms in total. The summed E-state index contributed by atoms with van der Waals surface area (Å²) in [4.78, 5) is 24.7. The third-order valence-electron chi connectivity index (χ3n) is 3.56. The Labute approximate surface area is 166 Å². The van der Waals surface area contributed by atoms with E-state index in [1.807, 2.05) is 24.4 Å². The van der Waals surface area contributed by atoms with E-state index in [0.717, 1.165) is 4.88 Å². The van der Waals surface area contributed by atoms with Crippen LogP contribution < -0.4 is 14.8 Å². The van der Waals surface area contributed by atoms with Crippen molar-refractivity contribution in [2.75, 3.05) is 20.8 Å². The van der Waals surface area contributed by atoms with Gasteiger partial charge in [0.25, 0.3) is 5.91 Å². The molecule has 1 aromatic heterocycles. The van der Waals surface area contributed by atoms with E-state index in [1.165, 1.54) is 26.4 Å². The first kappa shape index (κ1) is 20.8. The maximum Gasteiger partial charge on any atom is 0.331 e. The van der Waals surface area contributed by atoms with Gasteiger partial charge in [-0.05, 0) is 42.1 Å². The third-order valence-corrected chi connectivity index (χ3v) is 4.90. The molecule has 8 heteroatoms. The van der Waals surface area contributed by atoms with E-state index in [1.54, 1.807) is 23.5 Å². The average Bonchev–Trinajstić information content (AvgIpc) is 3.19. The molecule has 0 saturated heterocycles. The maximum atomic E-state index is 11.9. The van der Waals surface area contributed by atoms with Crippen LogP contribution in [0.5, 0.6) is 11.5 Å². The Hall–Kier alpha value is -2.51. The van der Waals surface area contributed by atoms with Crippen molar-refractivity contribution >= 4 is 40.9 Å². The van der Waals surface area contributed by atoms with E-state index in [4.69, 9.17) is 25.8 Å². The third kappa shape index (κ3) is 6.01. The Morgan fingerprint density at radius 3 is 2.70 bits per heavy atom. The molecule has 1 aromatic carbocycles. The van der Waals surface area contributed by atoms with Crippen molar-refractivity contribution in [1.82, 2.24) is 5.32 Å². The van der Waals surface area contributed by atoms with Gasteiger partial charge in [0.2, 0.25) is 0 Å². The van der Waals surface area contributed by atoms with Crippen molar-refractivity contribution in [3.63, 3.8) is 0 Å². The number of carbonyl (C=O) groups excluding carboxylic acids is 2. The Bertz CT molecular complexity index is 820. The molecule has 0 saturated carbocycles. The summed E-state index contributed by atoms with van der Waals surface area (Å²) in [7, 11) is 2.98. The molecule has 0 spiro atoms. The zero-order chi connectivity index (χ0) is 19.8. The topological polar surface area (TPSA) is 73.9 Å². The lowest BCUT2D eigenvalue weighted by molar-refractivity contribution is -0.144. The summed E-state index contributed by atoms with van der Waals surface area (Å²) >= 11 is 7.66. The molecule has 0 aliphatic carbocycles. The molecule has 0 aliphatic rings. The van der Waals surface area contributed by atoms with Crippen molar-refractivity contribution in [1.29, 1.82) is 0 Å². The summed E-state index contributed by atoms with van der Waals surface area (Å²) in [5, 5.41) is 5.06. The van der Waals surface area contributed by atoms with Gasteiger partial charge in [-0.1, -0.05) is 17.7 Å². The highest BCUT2D eigenvalue weighted by atomic mass is 35.5. The summed E-state index contributed by atoms with van der Waals surface area (Å²) in [6.07, 6.45) is 2.73. The van der Waals surface area contributed by atoms with Crippen molar-refractivity contribution in [2.24, 2.45) is 0 Å². The molecule has 2 aromatic rings. The van der Waals surface area contributed by atoms with Gasteiger partial charge in [-0.15, -0.1) is 11.3 Å². The molecule has 144 valence electrons. The van der Waals surface area contributed by atoms with E-state index in [9.17, 15) is 9.59 Å². The fourth-order valence-corrected chi connectivity index (χ4v) is 3.31. The van der Waals surface area contributed by atoms with Crippen molar-refractivity contribution in [3.8, 4) is 11.5 Å². The second kappa shape index (κ2) is 9.99. The Kier molecular flexibility index (Phi) is 7.69. The van der Waals surface area contributed by atoms with Crippen molar-refractivity contribution in [3.05, 3.63) is 51.2 Å². The second-order valence-corrected chi connectivity index (χ2v) is 6.87. The molecule has 1 heterocycles. The Morgan fingerprint density at radius 1 is 1.30 bits per heavy atom. The summed E-state index contributed by atoms with van der Waals surface area (Å²) in [5.74, 6) is -0.151. The number of nitrogens with one attached hydrogen (secondary N) is 1. The SMILES string of the molecule is COc1cc(/C=C/C(=O)OCC(=O)N[C@H](C)c2cccs2)cc(Cl)c1OC. The van der Waals surface area contributed by atoms with Gasteiger partial charge in [0.1, 0.15) is 0 Å². The summed E-state index contributed by atoms with van der Waals surface area (Å²) < 4.78 is 15.3. The molecule has 1 atom stereocenters. The first-order valence-corrected chi connectivity index (χ1v) is 9.29. The first-order chi connectivity index (χ1) is 12.9. The number of rotatable bonds is 8. The normalized spacial score (nSPS) is 11.9. The quantitative estimate of drug-likeness (QED) is 0.529. The van der Waals surface area contributed by atoms with Crippen LogP contribution >= 0.6 is 22.9 Å². The molecule has 0 radical (unpaired) electrons. The highest BCUT2D eigenvalue weighted by Crippen LogP contribution is 2.36. The van der Waals surface area contributed by atoms with Crippen LogP contribution in [0.2, 0.25) is 5.02 Å². The van der Waals surface area contributed by atoms with Crippen LogP contribution in [0.4, 0.5) is 0 Å². The number of hydrogen-bond donors (Lipinski definition) is 1. The lowest BCUT2D eigenvalue weighted by atomic mass is 10.2. The molecular formula is C19H20ClNO5S. The largest absolute Gasteiger partial charge is 0.493 e. The lowest BCUT2D eigenvalue weighted by Gasteiger charge is -2.12. The van der Waals surface area contributed by atoms with Gasteiger partial charge < -0.3 is 19.5 Å². The minimum atomic E-state index is -0.639. The highest BCUT2D eigenvalue weighted by molar-refractivity contribution is 7.10. The first-order valence-electron chi connectivity index (χ1n) is 8.03. The van der Waals surface area contributed by atoms with Gasteiger partial charge in [0, 0.05) is 11.0 Å². The zero-order valence-electron chi connectivity index (χ0n) is 15.2. The zero-order valence-corrected chi connectivity index (χ0v) is 16.7. The fraction of sp³-hybridized carbons (Fsp3) is 0.263. The van der Waals surface area contributed by atoms with Gasteiger partial charge in [-0.2, -0.15) is 0 Å². The van der Waals surface area contributed by atoms with Crippen LogP contribution in [-0.4, -0.2) is 32.7 Å². The van der Waals surface area contributed by atoms with Crippen LogP contribution in [0.3, 0.4) is 0 Å². The molecule has 27 heavy (non-hydrogen) atoms. The van der Waals surface area contributed by atoms with Crippen molar-refractivity contribution < 1.29 is 23.8 Å². The lowest BCUT2D eigenvalue weighted by Crippen LogP contribution is -2.30.